The fourth-order valence-corrected chi connectivity index (χ4v) is 4.37. The summed E-state index contributed by atoms with van der Waals surface area (Å²) in [7, 11) is 0. The van der Waals surface area contributed by atoms with Crippen molar-refractivity contribution in [2.24, 2.45) is 0 Å². The smallest absolute Gasteiger partial charge is 0.237 e. The van der Waals surface area contributed by atoms with Crippen LogP contribution in [0.15, 0.2) is 84.0 Å². The Balaban J connectivity index is 1.56. The second kappa shape index (κ2) is 10.5. The van der Waals surface area contributed by atoms with Crippen LogP contribution in [0.25, 0.3) is 11.4 Å². The maximum atomic E-state index is 12.9. The largest absolute Gasteiger partial charge is 0.325 e. The third-order valence-corrected chi connectivity index (χ3v) is 6.47. The Morgan fingerprint density at radius 1 is 0.971 bits per heavy atom. The van der Waals surface area contributed by atoms with Crippen LogP contribution in [-0.4, -0.2) is 31.7 Å². The Hall–Kier alpha value is -3.71. The average molecular weight is 471 g/mol. The summed E-state index contributed by atoms with van der Waals surface area (Å²) in [6, 6.07) is 25.2. The zero-order chi connectivity index (χ0) is 24.1. The minimum absolute atomic E-state index is 0.0102. The normalized spacial score (nSPS) is 11.7. The van der Waals surface area contributed by atoms with E-state index < -0.39 is 5.25 Å². The number of ketones is 1. The molecule has 0 aliphatic rings. The molecule has 0 bridgehead atoms. The van der Waals surface area contributed by atoms with E-state index in [9.17, 15) is 9.59 Å². The lowest BCUT2D eigenvalue weighted by molar-refractivity contribution is -0.115. The fourth-order valence-electron chi connectivity index (χ4n) is 3.53. The van der Waals surface area contributed by atoms with Crippen LogP contribution in [0.4, 0.5) is 5.69 Å². The van der Waals surface area contributed by atoms with E-state index in [1.165, 1.54) is 18.7 Å². The van der Waals surface area contributed by atoms with Crippen molar-refractivity contribution in [1.82, 2.24) is 14.8 Å². The van der Waals surface area contributed by atoms with Crippen LogP contribution in [0.2, 0.25) is 0 Å². The first-order valence-electron chi connectivity index (χ1n) is 11.0. The minimum atomic E-state index is -0.406. The van der Waals surface area contributed by atoms with Crippen molar-refractivity contribution >= 4 is 29.1 Å². The number of thioether (sulfide) groups is 1. The predicted molar refractivity (Wildman–Crippen MR) is 136 cm³/mol. The van der Waals surface area contributed by atoms with Crippen LogP contribution >= 0.6 is 11.8 Å². The van der Waals surface area contributed by atoms with Gasteiger partial charge in [-0.1, -0.05) is 65.9 Å². The number of carbonyl (C=O) groups is 2. The van der Waals surface area contributed by atoms with Gasteiger partial charge >= 0.3 is 0 Å². The molecule has 0 aliphatic carbocycles. The van der Waals surface area contributed by atoms with Gasteiger partial charge in [-0.05, 0) is 56.7 Å². The number of anilines is 1. The number of carbonyl (C=O) groups excluding carboxylic acids is 2. The number of aromatic nitrogens is 3. The first-order chi connectivity index (χ1) is 16.4. The van der Waals surface area contributed by atoms with E-state index in [2.05, 4.69) is 38.3 Å². The molecule has 1 amide bonds. The Morgan fingerprint density at radius 3 is 2.38 bits per heavy atom. The van der Waals surface area contributed by atoms with Crippen molar-refractivity contribution in [2.75, 3.05) is 5.32 Å². The molecule has 34 heavy (non-hydrogen) atoms. The number of rotatable bonds is 8. The molecular weight excluding hydrogens is 444 g/mol. The fraction of sp³-hybridized carbons (Fsp3) is 0.185. The van der Waals surface area contributed by atoms with Crippen LogP contribution in [-0.2, 0) is 11.3 Å². The van der Waals surface area contributed by atoms with Gasteiger partial charge in [-0.15, -0.1) is 10.2 Å². The van der Waals surface area contributed by atoms with Crippen LogP contribution in [0.3, 0.4) is 0 Å². The molecule has 6 nitrogen and oxygen atoms in total. The van der Waals surface area contributed by atoms with Gasteiger partial charge < -0.3 is 5.32 Å². The molecule has 0 unspecified atom stereocenters. The number of nitrogens with zero attached hydrogens (tertiary/aromatic N) is 3. The Bertz CT molecular complexity index is 1300. The number of amides is 1. The van der Waals surface area contributed by atoms with Crippen molar-refractivity contribution in [1.29, 1.82) is 0 Å². The average Bonchev–Trinajstić information content (AvgIpc) is 3.22. The van der Waals surface area contributed by atoms with Crippen molar-refractivity contribution in [3.05, 3.63) is 95.6 Å². The van der Waals surface area contributed by atoms with E-state index in [0.717, 1.165) is 22.5 Å². The highest BCUT2D eigenvalue weighted by molar-refractivity contribution is 8.00. The molecule has 3 aromatic carbocycles. The van der Waals surface area contributed by atoms with Gasteiger partial charge in [0.1, 0.15) is 0 Å². The molecule has 4 rings (SSSR count). The van der Waals surface area contributed by atoms with Crippen molar-refractivity contribution in [3.63, 3.8) is 0 Å². The van der Waals surface area contributed by atoms with E-state index in [-0.39, 0.29) is 11.7 Å². The van der Waals surface area contributed by atoms with Crippen LogP contribution in [0, 0.1) is 6.92 Å². The third kappa shape index (κ3) is 5.61. The molecule has 4 aromatic rings. The molecule has 0 radical (unpaired) electrons. The maximum Gasteiger partial charge on any atom is 0.237 e. The lowest BCUT2D eigenvalue weighted by Gasteiger charge is -2.14. The zero-order valence-corrected chi connectivity index (χ0v) is 20.2. The first kappa shape index (κ1) is 23.4. The number of nitrogens with one attached hydrogen (secondary N) is 1. The molecule has 1 atom stereocenters. The van der Waals surface area contributed by atoms with Gasteiger partial charge in [0.05, 0.1) is 11.8 Å². The molecule has 1 N–H and O–H groups in total. The molecule has 1 heterocycles. The first-order valence-corrected chi connectivity index (χ1v) is 11.9. The van der Waals surface area contributed by atoms with Gasteiger partial charge in [-0.3, -0.25) is 14.2 Å². The molecular formula is C27H26N4O2S. The summed E-state index contributed by atoms with van der Waals surface area (Å²) < 4.78 is 2.06. The molecule has 7 heteroatoms. The molecule has 172 valence electrons. The van der Waals surface area contributed by atoms with E-state index in [4.69, 9.17) is 0 Å². The van der Waals surface area contributed by atoms with Crippen LogP contribution in [0.1, 0.15) is 35.3 Å². The van der Waals surface area contributed by atoms with Crippen LogP contribution in [0.5, 0.6) is 0 Å². The standard InChI is InChI=1S/C27H26N4O2S/c1-18-8-7-11-23(16-18)25-29-30-27(31(25)17-21-9-5-4-6-10-21)34-20(3)26(33)28-24-14-12-22(13-15-24)19(2)32/h4-16,20H,17H2,1-3H3,(H,28,33)/t20-/m1/s1. The summed E-state index contributed by atoms with van der Waals surface area (Å²) >= 11 is 1.37. The SMILES string of the molecule is CC(=O)c1ccc(NC(=O)[C@@H](C)Sc2nnc(-c3cccc(C)c3)n2Cc2ccccc2)cc1. The van der Waals surface area contributed by atoms with E-state index in [1.807, 2.05) is 50.2 Å². The third-order valence-electron chi connectivity index (χ3n) is 5.39. The molecule has 0 saturated carbocycles. The molecule has 1 aromatic heterocycles. The summed E-state index contributed by atoms with van der Waals surface area (Å²) in [5.74, 6) is 0.610. The maximum absolute atomic E-state index is 12.9. The van der Waals surface area contributed by atoms with E-state index in [1.54, 1.807) is 24.3 Å². The van der Waals surface area contributed by atoms with Crippen molar-refractivity contribution in [2.45, 2.75) is 37.7 Å². The summed E-state index contributed by atoms with van der Waals surface area (Å²) in [4.78, 5) is 24.3. The van der Waals surface area contributed by atoms with Gasteiger partial charge in [-0.25, -0.2) is 0 Å². The number of Topliss-reactive ketones (excluding diaryl/α,β-unsaturated/α-hetero) is 1. The van der Waals surface area contributed by atoms with Crippen molar-refractivity contribution in [3.8, 4) is 11.4 Å². The second-order valence-corrected chi connectivity index (χ2v) is 9.44. The van der Waals surface area contributed by atoms with Crippen molar-refractivity contribution < 1.29 is 9.59 Å². The summed E-state index contributed by atoms with van der Waals surface area (Å²) in [6.45, 7) is 6.01. The summed E-state index contributed by atoms with van der Waals surface area (Å²) in [5, 5.41) is 12.1. The van der Waals surface area contributed by atoms with E-state index in [0.29, 0.717) is 23.0 Å². The molecule has 0 saturated heterocycles. The number of aryl methyl sites for hydroxylation is 1. The summed E-state index contributed by atoms with van der Waals surface area (Å²) in [6.07, 6.45) is 0. The topological polar surface area (TPSA) is 76.9 Å². The van der Waals surface area contributed by atoms with Gasteiger partial charge in [0.25, 0.3) is 0 Å². The Kier molecular flexibility index (Phi) is 7.23. The molecule has 0 aliphatic heterocycles. The molecule has 0 fully saturated rings. The number of hydrogen-bond acceptors (Lipinski definition) is 5. The number of hydrogen-bond donors (Lipinski definition) is 1. The predicted octanol–water partition coefficient (Wildman–Crippen LogP) is 5.62. The highest BCUT2D eigenvalue weighted by atomic mass is 32.2. The summed E-state index contributed by atoms with van der Waals surface area (Å²) in [5.41, 5.74) is 4.51. The van der Waals surface area contributed by atoms with Gasteiger partial charge in [-0.2, -0.15) is 0 Å². The number of benzene rings is 3. The second-order valence-electron chi connectivity index (χ2n) is 8.13. The van der Waals surface area contributed by atoms with Gasteiger partial charge in [0, 0.05) is 16.8 Å². The zero-order valence-electron chi connectivity index (χ0n) is 19.4. The molecule has 0 spiro atoms. The highest BCUT2D eigenvalue weighted by Gasteiger charge is 2.21. The lowest BCUT2D eigenvalue weighted by atomic mass is 10.1. The Morgan fingerprint density at radius 2 is 1.71 bits per heavy atom. The van der Waals surface area contributed by atoms with E-state index >= 15 is 0 Å². The highest BCUT2D eigenvalue weighted by Crippen LogP contribution is 2.29. The lowest BCUT2D eigenvalue weighted by Crippen LogP contribution is -2.23. The van der Waals surface area contributed by atoms with Gasteiger partial charge in [0.2, 0.25) is 5.91 Å². The minimum Gasteiger partial charge on any atom is -0.325 e. The van der Waals surface area contributed by atoms with Crippen LogP contribution < -0.4 is 5.32 Å². The Labute approximate surface area is 203 Å². The monoisotopic (exact) mass is 470 g/mol. The van der Waals surface area contributed by atoms with Gasteiger partial charge in [0.15, 0.2) is 16.8 Å². The quantitative estimate of drug-likeness (QED) is 0.267.